The number of hydrogen-bond acceptors (Lipinski definition) is 5. The van der Waals surface area contributed by atoms with Crippen molar-refractivity contribution in [1.82, 2.24) is 0 Å². The Morgan fingerprint density at radius 3 is 2.44 bits per heavy atom. The molecule has 0 spiro atoms. The molecule has 0 aliphatic carbocycles. The van der Waals surface area contributed by atoms with Gasteiger partial charge in [-0.2, -0.15) is 5.26 Å². The van der Waals surface area contributed by atoms with Crippen LogP contribution in [0.3, 0.4) is 0 Å². The van der Waals surface area contributed by atoms with E-state index in [1.807, 2.05) is 6.07 Å². The summed E-state index contributed by atoms with van der Waals surface area (Å²) in [5.41, 5.74) is 1.97. The number of hydrogen-bond donors (Lipinski definition) is 1. The van der Waals surface area contributed by atoms with Gasteiger partial charge in [-0.25, -0.2) is 4.79 Å². The van der Waals surface area contributed by atoms with Crippen molar-refractivity contribution in [2.45, 2.75) is 6.61 Å². The van der Waals surface area contributed by atoms with E-state index in [2.05, 4.69) is 26.0 Å². The fourth-order valence-corrected chi connectivity index (χ4v) is 3.56. The molecular formula is C25H17BrCl2N2O4. The SMILES string of the molecule is COC(=O)c1ccc(NC(=O)/C(C#N)=C/c2cc(Br)ccc2OCc2ccc(Cl)c(Cl)c2)cc1. The van der Waals surface area contributed by atoms with Gasteiger partial charge in [-0.3, -0.25) is 4.79 Å². The minimum atomic E-state index is -0.608. The summed E-state index contributed by atoms with van der Waals surface area (Å²) in [6.45, 7) is 0.208. The molecule has 1 amide bonds. The first kappa shape index (κ1) is 25.3. The van der Waals surface area contributed by atoms with Gasteiger partial charge in [-0.05, 0) is 66.2 Å². The zero-order valence-corrected chi connectivity index (χ0v) is 20.9. The van der Waals surface area contributed by atoms with Crippen LogP contribution in [0.15, 0.2) is 70.7 Å². The summed E-state index contributed by atoms with van der Waals surface area (Å²) in [6, 6.07) is 18.5. The molecule has 0 aromatic heterocycles. The smallest absolute Gasteiger partial charge is 0.337 e. The lowest BCUT2D eigenvalue weighted by Crippen LogP contribution is -2.13. The van der Waals surface area contributed by atoms with Gasteiger partial charge in [0.25, 0.3) is 5.91 Å². The van der Waals surface area contributed by atoms with E-state index >= 15 is 0 Å². The quantitative estimate of drug-likeness (QED) is 0.198. The van der Waals surface area contributed by atoms with Gasteiger partial charge in [0.1, 0.15) is 24.0 Å². The number of rotatable bonds is 7. The Kier molecular flexibility index (Phi) is 8.72. The summed E-state index contributed by atoms with van der Waals surface area (Å²) >= 11 is 15.4. The van der Waals surface area contributed by atoms with Crippen LogP contribution in [-0.2, 0) is 16.1 Å². The van der Waals surface area contributed by atoms with E-state index in [1.54, 1.807) is 48.5 Å². The first-order valence-corrected chi connectivity index (χ1v) is 11.3. The number of methoxy groups -OCH3 is 1. The Morgan fingerprint density at radius 1 is 1.06 bits per heavy atom. The van der Waals surface area contributed by atoms with Crippen molar-refractivity contribution >= 4 is 62.8 Å². The number of nitrogens with zero attached hydrogens (tertiary/aromatic N) is 1. The fourth-order valence-electron chi connectivity index (χ4n) is 2.86. The number of carbonyl (C=O) groups excluding carboxylic acids is 2. The molecular weight excluding hydrogens is 543 g/mol. The first-order valence-electron chi connectivity index (χ1n) is 9.78. The third-order valence-electron chi connectivity index (χ3n) is 4.58. The highest BCUT2D eigenvalue weighted by atomic mass is 79.9. The maximum atomic E-state index is 12.7. The lowest BCUT2D eigenvalue weighted by molar-refractivity contribution is -0.112. The van der Waals surface area contributed by atoms with Gasteiger partial charge in [0.15, 0.2) is 0 Å². The summed E-state index contributed by atoms with van der Waals surface area (Å²) in [7, 11) is 1.28. The van der Waals surface area contributed by atoms with E-state index in [-0.39, 0.29) is 12.2 Å². The van der Waals surface area contributed by atoms with Crippen molar-refractivity contribution in [2.24, 2.45) is 0 Å². The molecule has 6 nitrogen and oxygen atoms in total. The summed E-state index contributed by atoms with van der Waals surface area (Å²) in [6.07, 6.45) is 1.44. The van der Waals surface area contributed by atoms with Crippen LogP contribution >= 0.6 is 39.1 Å². The van der Waals surface area contributed by atoms with Crippen LogP contribution < -0.4 is 10.1 Å². The molecule has 34 heavy (non-hydrogen) atoms. The second-order valence-corrected chi connectivity index (χ2v) is 8.64. The topological polar surface area (TPSA) is 88.4 Å². The molecule has 3 aromatic rings. The van der Waals surface area contributed by atoms with Crippen LogP contribution in [0.5, 0.6) is 5.75 Å². The van der Waals surface area contributed by atoms with Crippen LogP contribution in [0.1, 0.15) is 21.5 Å². The van der Waals surface area contributed by atoms with Gasteiger partial charge < -0.3 is 14.8 Å². The molecule has 0 aliphatic heterocycles. The molecule has 0 radical (unpaired) electrons. The predicted octanol–water partition coefficient (Wildman–Crippen LogP) is 6.67. The molecule has 172 valence electrons. The number of nitrogens with one attached hydrogen (secondary N) is 1. The van der Waals surface area contributed by atoms with E-state index in [0.29, 0.717) is 32.6 Å². The molecule has 0 unspecified atom stereocenters. The van der Waals surface area contributed by atoms with Gasteiger partial charge in [-0.1, -0.05) is 45.2 Å². The van der Waals surface area contributed by atoms with Crippen molar-refractivity contribution in [3.05, 3.63) is 97.4 Å². The number of benzene rings is 3. The number of nitriles is 1. The average Bonchev–Trinajstić information content (AvgIpc) is 2.83. The highest BCUT2D eigenvalue weighted by Crippen LogP contribution is 2.28. The molecule has 0 fully saturated rings. The van der Waals surface area contributed by atoms with E-state index in [9.17, 15) is 14.9 Å². The second-order valence-electron chi connectivity index (χ2n) is 6.91. The van der Waals surface area contributed by atoms with E-state index in [4.69, 9.17) is 27.9 Å². The molecule has 9 heteroatoms. The van der Waals surface area contributed by atoms with Crippen LogP contribution in [0, 0.1) is 11.3 Å². The van der Waals surface area contributed by atoms with E-state index in [1.165, 1.54) is 25.3 Å². The molecule has 0 heterocycles. The lowest BCUT2D eigenvalue weighted by Gasteiger charge is -2.11. The fraction of sp³-hybridized carbons (Fsp3) is 0.0800. The zero-order chi connectivity index (χ0) is 24.7. The largest absolute Gasteiger partial charge is 0.488 e. The first-order chi connectivity index (χ1) is 16.3. The van der Waals surface area contributed by atoms with Gasteiger partial charge in [-0.15, -0.1) is 0 Å². The van der Waals surface area contributed by atoms with Crippen LogP contribution in [0.4, 0.5) is 5.69 Å². The molecule has 0 atom stereocenters. The monoisotopic (exact) mass is 558 g/mol. The number of ether oxygens (including phenoxy) is 2. The van der Waals surface area contributed by atoms with Crippen LogP contribution in [0.2, 0.25) is 10.0 Å². The standard InChI is InChI=1S/C25H17BrCl2N2O4/c1-33-25(32)16-3-6-20(7-4-16)30-24(31)18(13-29)11-17-12-19(26)5-9-23(17)34-14-15-2-8-21(27)22(28)10-15/h2-12H,14H2,1H3,(H,30,31)/b18-11+. The Labute approximate surface area is 214 Å². The Morgan fingerprint density at radius 2 is 1.79 bits per heavy atom. The molecule has 0 aliphatic rings. The summed E-state index contributed by atoms with van der Waals surface area (Å²) < 4.78 is 11.3. The Balaban J connectivity index is 1.79. The third-order valence-corrected chi connectivity index (χ3v) is 5.81. The maximum Gasteiger partial charge on any atom is 0.337 e. The molecule has 1 N–H and O–H groups in total. The number of anilines is 1. The third kappa shape index (κ3) is 6.61. The minimum absolute atomic E-state index is 0.130. The normalized spacial score (nSPS) is 10.9. The predicted molar refractivity (Wildman–Crippen MR) is 135 cm³/mol. The van der Waals surface area contributed by atoms with Crippen molar-refractivity contribution in [2.75, 3.05) is 12.4 Å². The average molecular weight is 560 g/mol. The molecule has 0 bridgehead atoms. The molecule has 3 aromatic carbocycles. The van der Waals surface area contributed by atoms with Gasteiger partial charge in [0, 0.05) is 15.7 Å². The number of carbonyl (C=O) groups is 2. The summed E-state index contributed by atoms with van der Waals surface area (Å²) in [4.78, 5) is 24.2. The highest BCUT2D eigenvalue weighted by molar-refractivity contribution is 9.10. The number of halogens is 3. The Hall–Kier alpha value is -3.31. The van der Waals surface area contributed by atoms with E-state index < -0.39 is 11.9 Å². The lowest BCUT2D eigenvalue weighted by atomic mass is 10.1. The summed E-state index contributed by atoms with van der Waals surface area (Å²) in [5.74, 6) is -0.625. The zero-order valence-electron chi connectivity index (χ0n) is 17.8. The van der Waals surface area contributed by atoms with E-state index in [0.717, 1.165) is 10.0 Å². The van der Waals surface area contributed by atoms with Gasteiger partial charge in [0.05, 0.1) is 22.7 Å². The van der Waals surface area contributed by atoms with Crippen molar-refractivity contribution in [1.29, 1.82) is 5.26 Å². The second kappa shape index (κ2) is 11.7. The van der Waals surface area contributed by atoms with Crippen molar-refractivity contribution in [3.8, 4) is 11.8 Å². The van der Waals surface area contributed by atoms with Gasteiger partial charge in [0.2, 0.25) is 0 Å². The van der Waals surface area contributed by atoms with Crippen molar-refractivity contribution in [3.63, 3.8) is 0 Å². The number of esters is 1. The Bertz CT molecular complexity index is 1300. The molecule has 3 rings (SSSR count). The maximum absolute atomic E-state index is 12.7. The van der Waals surface area contributed by atoms with Crippen LogP contribution in [0.25, 0.3) is 6.08 Å². The summed E-state index contributed by atoms with van der Waals surface area (Å²) in [5, 5.41) is 13.1. The number of amides is 1. The minimum Gasteiger partial charge on any atom is -0.488 e. The van der Waals surface area contributed by atoms with Crippen molar-refractivity contribution < 1.29 is 19.1 Å². The van der Waals surface area contributed by atoms with Crippen LogP contribution in [-0.4, -0.2) is 19.0 Å². The highest BCUT2D eigenvalue weighted by Gasteiger charge is 2.13. The van der Waals surface area contributed by atoms with Gasteiger partial charge >= 0.3 is 5.97 Å². The molecule has 0 saturated carbocycles. The molecule has 0 saturated heterocycles.